The number of nitrogens with one attached hydrogen (secondary N) is 1. The second-order valence-electron chi connectivity index (χ2n) is 5.83. The Morgan fingerprint density at radius 3 is 2.46 bits per heavy atom. The molecule has 0 amide bonds. The van der Waals surface area contributed by atoms with Gasteiger partial charge in [-0.15, -0.1) is 0 Å². The van der Waals surface area contributed by atoms with Crippen LogP contribution < -0.4 is 10.2 Å². The van der Waals surface area contributed by atoms with Crippen molar-refractivity contribution in [3.63, 3.8) is 0 Å². The number of ether oxygens (including phenoxy) is 1. The number of hydrogen-bond acceptors (Lipinski definition) is 4. The fourth-order valence-corrected chi connectivity index (χ4v) is 2.88. The molecule has 1 saturated heterocycles. The molecule has 3 rings (SSSR count). The minimum Gasteiger partial charge on any atom is -0.478 e. The number of carbonyl (C=O) groups is 1. The van der Waals surface area contributed by atoms with Gasteiger partial charge in [0.15, 0.2) is 0 Å². The molecule has 0 atom stereocenters. The number of hydrogen-bond donors (Lipinski definition) is 2. The van der Waals surface area contributed by atoms with Crippen molar-refractivity contribution >= 4 is 11.7 Å². The number of carboxylic acid groups (broad SMARTS) is 1. The number of benzene rings is 2. The van der Waals surface area contributed by atoms with E-state index in [1.54, 1.807) is 12.1 Å². The van der Waals surface area contributed by atoms with Gasteiger partial charge in [0.05, 0.1) is 18.8 Å². The predicted molar refractivity (Wildman–Crippen MR) is 93.4 cm³/mol. The molecule has 5 nitrogen and oxygen atoms in total. The van der Waals surface area contributed by atoms with E-state index < -0.39 is 5.97 Å². The van der Waals surface area contributed by atoms with Crippen LogP contribution in [-0.4, -0.2) is 37.4 Å². The molecule has 126 valence electrons. The number of rotatable bonds is 6. The van der Waals surface area contributed by atoms with E-state index in [9.17, 15) is 4.79 Å². The molecular formula is C19H22N2O3. The van der Waals surface area contributed by atoms with E-state index in [1.807, 2.05) is 12.1 Å². The average Bonchev–Trinajstić information content (AvgIpc) is 2.63. The molecule has 1 aliphatic rings. The maximum atomic E-state index is 10.9. The van der Waals surface area contributed by atoms with Gasteiger partial charge < -0.3 is 20.1 Å². The molecule has 1 aliphatic heterocycles. The zero-order valence-corrected chi connectivity index (χ0v) is 13.6. The van der Waals surface area contributed by atoms with Crippen LogP contribution in [0.15, 0.2) is 48.5 Å². The zero-order chi connectivity index (χ0) is 16.8. The van der Waals surface area contributed by atoms with Crippen molar-refractivity contribution in [3.05, 3.63) is 65.2 Å². The third-order valence-corrected chi connectivity index (χ3v) is 4.19. The fraction of sp³-hybridized carbons (Fsp3) is 0.316. The normalized spacial score (nSPS) is 14.6. The monoisotopic (exact) mass is 326 g/mol. The van der Waals surface area contributed by atoms with Crippen LogP contribution in [0, 0.1) is 0 Å². The molecule has 5 heteroatoms. The summed E-state index contributed by atoms with van der Waals surface area (Å²) in [5.41, 5.74) is 3.91. The van der Waals surface area contributed by atoms with Crippen molar-refractivity contribution in [2.75, 3.05) is 31.2 Å². The second-order valence-corrected chi connectivity index (χ2v) is 5.83. The first-order valence-corrected chi connectivity index (χ1v) is 8.17. The summed E-state index contributed by atoms with van der Waals surface area (Å²) in [5, 5.41) is 12.4. The van der Waals surface area contributed by atoms with E-state index in [2.05, 4.69) is 34.5 Å². The fourth-order valence-electron chi connectivity index (χ4n) is 2.88. The lowest BCUT2D eigenvalue weighted by atomic mass is 10.1. The summed E-state index contributed by atoms with van der Waals surface area (Å²) in [5.74, 6) is -0.894. The first kappa shape index (κ1) is 16.5. The molecule has 0 aliphatic carbocycles. The van der Waals surface area contributed by atoms with Gasteiger partial charge in [0.2, 0.25) is 0 Å². The highest BCUT2D eigenvalue weighted by atomic mass is 16.5. The Bertz CT molecular complexity index is 679. The molecular weight excluding hydrogens is 304 g/mol. The van der Waals surface area contributed by atoms with E-state index in [1.165, 1.54) is 11.3 Å². The van der Waals surface area contributed by atoms with Crippen LogP contribution in [0.25, 0.3) is 0 Å². The molecule has 0 unspecified atom stereocenters. The Morgan fingerprint density at radius 1 is 1.04 bits per heavy atom. The van der Waals surface area contributed by atoms with Crippen LogP contribution >= 0.6 is 0 Å². The highest BCUT2D eigenvalue weighted by molar-refractivity contribution is 5.87. The zero-order valence-electron chi connectivity index (χ0n) is 13.6. The van der Waals surface area contributed by atoms with Crippen molar-refractivity contribution in [2.45, 2.75) is 13.1 Å². The Hall–Kier alpha value is -2.37. The summed E-state index contributed by atoms with van der Waals surface area (Å²) in [6, 6.07) is 15.4. The van der Waals surface area contributed by atoms with Crippen molar-refractivity contribution in [1.29, 1.82) is 0 Å². The summed E-state index contributed by atoms with van der Waals surface area (Å²) in [7, 11) is 0. The van der Waals surface area contributed by atoms with E-state index >= 15 is 0 Å². The Balaban J connectivity index is 1.59. The van der Waals surface area contributed by atoms with Gasteiger partial charge in [-0.25, -0.2) is 4.79 Å². The Kier molecular flexibility index (Phi) is 5.46. The lowest BCUT2D eigenvalue weighted by Gasteiger charge is -2.30. The smallest absolute Gasteiger partial charge is 0.335 e. The van der Waals surface area contributed by atoms with Crippen LogP contribution in [0.3, 0.4) is 0 Å². The summed E-state index contributed by atoms with van der Waals surface area (Å²) in [4.78, 5) is 13.2. The van der Waals surface area contributed by atoms with Crippen molar-refractivity contribution in [1.82, 2.24) is 5.32 Å². The van der Waals surface area contributed by atoms with Gasteiger partial charge in [-0.3, -0.25) is 0 Å². The van der Waals surface area contributed by atoms with E-state index in [0.29, 0.717) is 12.1 Å². The summed E-state index contributed by atoms with van der Waals surface area (Å²) in [6.45, 7) is 4.88. The van der Waals surface area contributed by atoms with Gasteiger partial charge in [0, 0.05) is 31.9 Å². The van der Waals surface area contributed by atoms with Crippen LogP contribution in [0.2, 0.25) is 0 Å². The maximum absolute atomic E-state index is 10.9. The quantitative estimate of drug-likeness (QED) is 0.854. The maximum Gasteiger partial charge on any atom is 0.335 e. The molecule has 2 aromatic carbocycles. The van der Waals surface area contributed by atoms with Crippen molar-refractivity contribution in [3.8, 4) is 0 Å². The molecule has 0 spiro atoms. The third kappa shape index (κ3) is 4.13. The molecule has 0 aromatic heterocycles. The van der Waals surface area contributed by atoms with E-state index in [-0.39, 0.29) is 0 Å². The summed E-state index contributed by atoms with van der Waals surface area (Å²) < 4.78 is 5.43. The highest BCUT2D eigenvalue weighted by Gasteiger charge is 2.14. The minimum atomic E-state index is -0.894. The number of carboxylic acids is 1. The SMILES string of the molecule is O=C(O)c1ccc(CNCc2ccccc2N2CCOCC2)cc1. The molecule has 1 fully saturated rings. The molecule has 2 aromatic rings. The van der Waals surface area contributed by atoms with Crippen LogP contribution in [-0.2, 0) is 17.8 Å². The second kappa shape index (κ2) is 7.95. The van der Waals surface area contributed by atoms with Crippen LogP contribution in [0.4, 0.5) is 5.69 Å². The largest absolute Gasteiger partial charge is 0.478 e. The Labute approximate surface area is 141 Å². The molecule has 24 heavy (non-hydrogen) atoms. The van der Waals surface area contributed by atoms with Gasteiger partial charge in [-0.1, -0.05) is 30.3 Å². The minimum absolute atomic E-state index is 0.316. The van der Waals surface area contributed by atoms with E-state index in [4.69, 9.17) is 9.84 Å². The number of aromatic carboxylic acids is 1. The number of nitrogens with zero attached hydrogens (tertiary/aromatic N) is 1. The highest BCUT2D eigenvalue weighted by Crippen LogP contribution is 2.21. The molecule has 0 radical (unpaired) electrons. The van der Waals surface area contributed by atoms with Gasteiger partial charge in [-0.05, 0) is 29.3 Å². The molecule has 2 N–H and O–H groups in total. The molecule has 1 heterocycles. The number of anilines is 1. The van der Waals surface area contributed by atoms with Gasteiger partial charge in [0.25, 0.3) is 0 Å². The average molecular weight is 326 g/mol. The van der Waals surface area contributed by atoms with Crippen LogP contribution in [0.5, 0.6) is 0 Å². The topological polar surface area (TPSA) is 61.8 Å². The van der Waals surface area contributed by atoms with Gasteiger partial charge in [-0.2, -0.15) is 0 Å². The number of morpholine rings is 1. The first-order chi connectivity index (χ1) is 11.7. The van der Waals surface area contributed by atoms with Crippen molar-refractivity contribution < 1.29 is 14.6 Å². The molecule has 0 bridgehead atoms. The van der Waals surface area contributed by atoms with Crippen LogP contribution in [0.1, 0.15) is 21.5 Å². The first-order valence-electron chi connectivity index (χ1n) is 8.17. The molecule has 0 saturated carbocycles. The standard InChI is InChI=1S/C19H22N2O3/c22-19(23)16-7-5-15(6-8-16)13-20-14-17-3-1-2-4-18(17)21-9-11-24-12-10-21/h1-8,20H,9-14H2,(H,22,23). The van der Waals surface area contributed by atoms with E-state index in [0.717, 1.165) is 38.4 Å². The summed E-state index contributed by atoms with van der Waals surface area (Å²) in [6.07, 6.45) is 0. The third-order valence-electron chi connectivity index (χ3n) is 4.19. The van der Waals surface area contributed by atoms with Crippen molar-refractivity contribution in [2.24, 2.45) is 0 Å². The number of para-hydroxylation sites is 1. The van der Waals surface area contributed by atoms with Gasteiger partial charge >= 0.3 is 5.97 Å². The lowest BCUT2D eigenvalue weighted by molar-refractivity contribution is 0.0697. The van der Waals surface area contributed by atoms with Gasteiger partial charge in [0.1, 0.15) is 0 Å². The predicted octanol–water partition coefficient (Wildman–Crippen LogP) is 2.51. The Morgan fingerprint density at radius 2 is 1.75 bits per heavy atom. The lowest BCUT2D eigenvalue weighted by Crippen LogP contribution is -2.37. The summed E-state index contributed by atoms with van der Waals surface area (Å²) >= 11 is 0.